The molecule has 0 saturated carbocycles. The molecule has 14 nitrogen and oxygen atoms in total. The first-order valence-corrected chi connectivity index (χ1v) is 11.9. The number of ether oxygens (including phenoxy) is 3. The highest BCUT2D eigenvalue weighted by Crippen LogP contribution is 2.35. The molecule has 6 N–H and O–H groups in total. The molecule has 1 fully saturated rings. The second kappa shape index (κ2) is 10.1. The minimum absolute atomic E-state index is 0.00684. The summed E-state index contributed by atoms with van der Waals surface area (Å²) in [7, 11) is -3.79. The first-order valence-electron chi connectivity index (χ1n) is 10.5. The molecule has 5 unspecified atom stereocenters. The summed E-state index contributed by atoms with van der Waals surface area (Å²) in [6.45, 7) is -0.799. The van der Waals surface area contributed by atoms with Gasteiger partial charge in [-0.2, -0.15) is 8.42 Å². The molecule has 37 heavy (non-hydrogen) atoms. The van der Waals surface area contributed by atoms with Gasteiger partial charge in [0, 0.05) is 23.8 Å². The fourth-order valence-corrected chi connectivity index (χ4v) is 4.31. The van der Waals surface area contributed by atoms with Crippen molar-refractivity contribution in [3.63, 3.8) is 0 Å². The molecule has 2 heterocycles. The van der Waals surface area contributed by atoms with Crippen molar-refractivity contribution in [3.8, 4) is 34.3 Å². The van der Waals surface area contributed by atoms with Crippen LogP contribution in [0.2, 0.25) is 0 Å². The van der Waals surface area contributed by atoms with Gasteiger partial charge in [0.05, 0.1) is 13.7 Å². The lowest BCUT2D eigenvalue weighted by molar-refractivity contribution is -0.271. The average Bonchev–Trinajstić information content (AvgIpc) is 2.82. The zero-order chi connectivity index (χ0) is 27.1. The minimum atomic E-state index is -5.16. The van der Waals surface area contributed by atoms with E-state index in [1.807, 2.05) is 0 Å². The molecule has 4 rings (SSSR count). The summed E-state index contributed by atoms with van der Waals surface area (Å²) in [4.78, 5) is 12.7. The van der Waals surface area contributed by atoms with E-state index in [0.717, 1.165) is 18.2 Å². The van der Waals surface area contributed by atoms with E-state index in [-0.39, 0.29) is 34.0 Å². The predicted molar refractivity (Wildman–Crippen MR) is 123 cm³/mol. The normalized spacial score (nSPS) is 24.2. The van der Waals surface area contributed by atoms with Crippen molar-refractivity contribution >= 4 is 21.4 Å². The first-order chi connectivity index (χ1) is 17.4. The van der Waals surface area contributed by atoms with Gasteiger partial charge in [-0.1, -0.05) is 0 Å². The summed E-state index contributed by atoms with van der Waals surface area (Å²) in [6.07, 6.45) is -9.04. The van der Waals surface area contributed by atoms with Crippen LogP contribution in [0.25, 0.3) is 22.3 Å². The van der Waals surface area contributed by atoms with Crippen molar-refractivity contribution in [3.05, 3.63) is 46.6 Å². The lowest BCUT2D eigenvalue weighted by atomic mass is 9.99. The summed E-state index contributed by atoms with van der Waals surface area (Å²) < 4.78 is 57.5. The van der Waals surface area contributed by atoms with E-state index >= 15 is 0 Å². The monoisotopic (exact) mass is 542 g/mol. The highest BCUT2D eigenvalue weighted by Gasteiger charge is 2.48. The number of phenolic OH excluding ortho intramolecular Hbond substituents is 2. The molecule has 5 atom stereocenters. The van der Waals surface area contributed by atoms with Crippen LogP contribution in [0.1, 0.15) is 0 Å². The molecule has 2 aromatic carbocycles. The van der Waals surface area contributed by atoms with Crippen LogP contribution < -0.4 is 14.9 Å². The third-order valence-corrected chi connectivity index (χ3v) is 6.02. The Morgan fingerprint density at radius 3 is 2.38 bits per heavy atom. The van der Waals surface area contributed by atoms with Crippen LogP contribution in [0, 0.1) is 0 Å². The van der Waals surface area contributed by atoms with Gasteiger partial charge in [-0.25, -0.2) is 4.18 Å². The van der Waals surface area contributed by atoms with E-state index in [1.54, 1.807) is 0 Å². The Morgan fingerprint density at radius 2 is 1.76 bits per heavy atom. The standard InChI is InChI=1S/C22H22O14S/c1-32-14-3-2-9(4-11(14)24)15-7-13(26)18-12(25)5-10(6-16(18)34-15)33-22-21(36-37(29,30)31)20(28)19(27)17(8-23)35-22/h2-7,17,19-25,27-28H,8H2,1H3,(H,29,30,31). The molecule has 0 spiro atoms. The Balaban J connectivity index is 1.74. The van der Waals surface area contributed by atoms with E-state index in [0.29, 0.717) is 5.56 Å². The number of aliphatic hydroxyl groups is 3. The van der Waals surface area contributed by atoms with Crippen LogP contribution in [0.3, 0.4) is 0 Å². The highest BCUT2D eigenvalue weighted by molar-refractivity contribution is 7.80. The molecule has 15 heteroatoms. The van der Waals surface area contributed by atoms with Crippen LogP contribution in [0.4, 0.5) is 0 Å². The van der Waals surface area contributed by atoms with Crippen LogP contribution in [0.15, 0.2) is 45.6 Å². The number of aliphatic hydroxyl groups excluding tert-OH is 3. The average molecular weight is 542 g/mol. The molecule has 0 amide bonds. The van der Waals surface area contributed by atoms with Gasteiger partial charge in [0.15, 0.2) is 23.0 Å². The maximum Gasteiger partial charge on any atom is 0.397 e. The Bertz CT molecular complexity index is 1470. The molecule has 200 valence electrons. The summed E-state index contributed by atoms with van der Waals surface area (Å²) in [5.74, 6) is -0.888. The number of phenols is 2. The van der Waals surface area contributed by atoms with Crippen molar-refractivity contribution in [2.24, 2.45) is 0 Å². The van der Waals surface area contributed by atoms with Crippen LogP contribution >= 0.6 is 0 Å². The van der Waals surface area contributed by atoms with Crippen LogP contribution in [-0.4, -0.2) is 82.9 Å². The number of methoxy groups -OCH3 is 1. The number of rotatable bonds is 7. The van der Waals surface area contributed by atoms with Gasteiger partial charge in [0.2, 0.25) is 6.29 Å². The van der Waals surface area contributed by atoms with Gasteiger partial charge in [-0.15, -0.1) is 0 Å². The van der Waals surface area contributed by atoms with Crippen molar-refractivity contribution in [2.45, 2.75) is 30.7 Å². The molecule has 1 aliphatic heterocycles. The Hall–Kier alpha value is -3.44. The molecule has 0 bridgehead atoms. The Kier molecular flexibility index (Phi) is 7.29. The molecule has 3 aromatic rings. The van der Waals surface area contributed by atoms with Crippen LogP contribution in [-0.2, 0) is 19.3 Å². The van der Waals surface area contributed by atoms with Gasteiger partial charge in [0.25, 0.3) is 0 Å². The second-order valence-electron chi connectivity index (χ2n) is 7.99. The first kappa shape index (κ1) is 26.6. The predicted octanol–water partition coefficient (Wildman–Crippen LogP) is -0.114. The van der Waals surface area contributed by atoms with Crippen molar-refractivity contribution in [1.29, 1.82) is 0 Å². The smallest absolute Gasteiger partial charge is 0.397 e. The SMILES string of the molecule is COc1ccc(-c2cc(=O)c3c(O)cc(OC4OC(CO)C(O)C(O)C4OS(=O)(=O)O)cc3o2)cc1O. The lowest BCUT2D eigenvalue weighted by Crippen LogP contribution is -2.61. The van der Waals surface area contributed by atoms with Crippen molar-refractivity contribution < 1.29 is 61.3 Å². The number of hydrogen-bond acceptors (Lipinski definition) is 13. The highest BCUT2D eigenvalue weighted by atomic mass is 32.3. The summed E-state index contributed by atoms with van der Waals surface area (Å²) >= 11 is 0. The third kappa shape index (κ3) is 5.47. The fourth-order valence-electron chi connectivity index (χ4n) is 3.83. The van der Waals surface area contributed by atoms with Gasteiger partial charge in [-0.3, -0.25) is 9.35 Å². The number of benzene rings is 2. The second-order valence-corrected chi connectivity index (χ2v) is 9.04. The van der Waals surface area contributed by atoms with Gasteiger partial charge in [-0.05, 0) is 18.2 Å². The summed E-state index contributed by atoms with van der Waals surface area (Å²) in [5.41, 5.74) is -0.533. The number of fused-ring (bicyclic) bond motifs is 1. The van der Waals surface area contributed by atoms with Gasteiger partial charge < -0.3 is 44.2 Å². The zero-order valence-corrected chi connectivity index (χ0v) is 19.7. The largest absolute Gasteiger partial charge is 0.507 e. The molecule has 0 radical (unpaired) electrons. The molecule has 0 aliphatic carbocycles. The summed E-state index contributed by atoms with van der Waals surface area (Å²) in [5, 5.41) is 50.0. The number of hydrogen-bond donors (Lipinski definition) is 6. The van der Waals surface area contributed by atoms with Gasteiger partial charge >= 0.3 is 10.4 Å². The van der Waals surface area contributed by atoms with E-state index in [4.69, 9.17) is 23.2 Å². The maximum absolute atomic E-state index is 12.7. The molecular weight excluding hydrogens is 520 g/mol. The fraction of sp³-hybridized carbons (Fsp3) is 0.318. The molecule has 1 aliphatic rings. The Labute approximate surface area is 208 Å². The topological polar surface area (TPSA) is 223 Å². The molecular formula is C22H22O14S. The van der Waals surface area contributed by atoms with Crippen LogP contribution in [0.5, 0.6) is 23.0 Å². The Morgan fingerprint density at radius 1 is 1.03 bits per heavy atom. The minimum Gasteiger partial charge on any atom is -0.507 e. The van der Waals surface area contributed by atoms with Crippen molar-refractivity contribution in [1.82, 2.24) is 0 Å². The molecule has 1 saturated heterocycles. The maximum atomic E-state index is 12.7. The van der Waals surface area contributed by atoms with E-state index in [2.05, 4.69) is 4.18 Å². The lowest BCUT2D eigenvalue weighted by Gasteiger charge is -2.40. The third-order valence-electron chi connectivity index (χ3n) is 5.56. The van der Waals surface area contributed by atoms with E-state index in [9.17, 15) is 38.7 Å². The summed E-state index contributed by atoms with van der Waals surface area (Å²) in [6, 6.07) is 7.45. The van der Waals surface area contributed by atoms with Crippen molar-refractivity contribution in [2.75, 3.05) is 13.7 Å². The molecule has 1 aromatic heterocycles. The van der Waals surface area contributed by atoms with E-state index in [1.165, 1.54) is 25.3 Å². The zero-order valence-electron chi connectivity index (χ0n) is 18.9. The van der Waals surface area contributed by atoms with Gasteiger partial charge in [0.1, 0.15) is 46.5 Å². The quantitative estimate of drug-likeness (QED) is 0.214. The number of aromatic hydroxyl groups is 2. The van der Waals surface area contributed by atoms with E-state index < -0.39 is 58.9 Å².